The Labute approximate surface area is 151 Å². The summed E-state index contributed by atoms with van der Waals surface area (Å²) in [5.74, 6) is 1.39. The normalized spacial score (nSPS) is 22.2. The summed E-state index contributed by atoms with van der Waals surface area (Å²) in [6, 6.07) is 7.70. The van der Waals surface area contributed by atoms with Gasteiger partial charge in [0.05, 0.1) is 5.69 Å². The molecule has 0 aliphatic carbocycles. The minimum absolute atomic E-state index is 0.0561. The molecule has 1 saturated heterocycles. The first kappa shape index (κ1) is 17.1. The van der Waals surface area contributed by atoms with Gasteiger partial charge >= 0.3 is 0 Å². The van der Waals surface area contributed by atoms with Crippen LogP contribution in [0, 0.1) is 11.8 Å². The van der Waals surface area contributed by atoms with E-state index in [0.717, 1.165) is 17.7 Å². The lowest BCUT2D eigenvalue weighted by atomic mass is 9.90. The number of nitrogens with one attached hydrogen (secondary N) is 1. The van der Waals surface area contributed by atoms with Crippen molar-refractivity contribution in [3.63, 3.8) is 0 Å². The Morgan fingerprint density at radius 1 is 1.19 bits per heavy atom. The van der Waals surface area contributed by atoms with E-state index in [2.05, 4.69) is 9.97 Å². The lowest BCUT2D eigenvalue weighted by Crippen LogP contribution is -2.44. The second-order valence-electron chi connectivity index (χ2n) is 7.13. The third kappa shape index (κ3) is 3.20. The third-order valence-corrected chi connectivity index (χ3v) is 5.23. The maximum absolute atomic E-state index is 12.7. The standard InChI is InChI=1S/C19H23N3O4/c23-9-12-5-13(10-24)8-22(7-12)19-20-16-11-26-17-4-2-1-3-14(17)6-15(16)18(25)21-19/h1-4,12-13,23-24H,5-11H2,(H,20,21,25)/t12-,13+. The number of anilines is 1. The van der Waals surface area contributed by atoms with E-state index in [4.69, 9.17) is 4.74 Å². The molecule has 3 heterocycles. The first-order valence-electron chi connectivity index (χ1n) is 8.97. The molecule has 0 unspecified atom stereocenters. The number of fused-ring (bicyclic) bond motifs is 2. The molecule has 0 bridgehead atoms. The fraction of sp³-hybridized carbons (Fsp3) is 0.474. The van der Waals surface area contributed by atoms with Crippen LogP contribution < -0.4 is 15.2 Å². The van der Waals surface area contributed by atoms with E-state index in [0.29, 0.717) is 36.7 Å². The molecule has 0 spiro atoms. The van der Waals surface area contributed by atoms with Gasteiger partial charge in [0.15, 0.2) is 0 Å². The molecule has 2 atom stereocenters. The number of rotatable bonds is 3. The Bertz CT molecular complexity index is 839. The van der Waals surface area contributed by atoms with Crippen LogP contribution in [0.25, 0.3) is 0 Å². The number of hydrogen-bond donors (Lipinski definition) is 3. The van der Waals surface area contributed by atoms with E-state index in [1.165, 1.54) is 0 Å². The van der Waals surface area contributed by atoms with Gasteiger partial charge in [-0.15, -0.1) is 0 Å². The van der Waals surface area contributed by atoms with Gasteiger partial charge in [0.1, 0.15) is 12.4 Å². The molecule has 0 amide bonds. The average Bonchev–Trinajstić information content (AvgIpc) is 2.87. The smallest absolute Gasteiger partial charge is 0.256 e. The van der Waals surface area contributed by atoms with Crippen LogP contribution in [0.15, 0.2) is 29.1 Å². The molecule has 1 aromatic heterocycles. The zero-order valence-corrected chi connectivity index (χ0v) is 14.5. The predicted molar refractivity (Wildman–Crippen MR) is 96.4 cm³/mol. The summed E-state index contributed by atoms with van der Waals surface area (Å²) in [4.78, 5) is 22.2. The molecule has 7 heteroatoms. The highest BCUT2D eigenvalue weighted by atomic mass is 16.5. The molecule has 0 saturated carbocycles. The van der Waals surface area contributed by atoms with Crippen molar-refractivity contribution >= 4 is 5.95 Å². The zero-order chi connectivity index (χ0) is 18.1. The quantitative estimate of drug-likeness (QED) is 0.747. The topological polar surface area (TPSA) is 98.7 Å². The summed E-state index contributed by atoms with van der Waals surface area (Å²) in [5, 5.41) is 19.1. The second kappa shape index (κ2) is 7.09. The Kier molecular flexibility index (Phi) is 4.65. The van der Waals surface area contributed by atoms with Crippen LogP contribution >= 0.6 is 0 Å². The van der Waals surface area contributed by atoms with Crippen molar-refractivity contribution in [2.45, 2.75) is 19.4 Å². The van der Waals surface area contributed by atoms with Crippen molar-refractivity contribution in [2.24, 2.45) is 11.8 Å². The Morgan fingerprint density at radius 2 is 1.92 bits per heavy atom. The van der Waals surface area contributed by atoms with E-state index in [1.54, 1.807) is 0 Å². The number of hydrogen-bond acceptors (Lipinski definition) is 6. The van der Waals surface area contributed by atoms with Gasteiger partial charge in [-0.3, -0.25) is 9.78 Å². The Balaban J connectivity index is 1.66. The van der Waals surface area contributed by atoms with Crippen LogP contribution in [0.1, 0.15) is 23.2 Å². The fourth-order valence-electron chi connectivity index (χ4n) is 3.87. The van der Waals surface area contributed by atoms with Crippen LogP contribution in [-0.2, 0) is 13.0 Å². The van der Waals surface area contributed by atoms with Gasteiger partial charge < -0.3 is 19.8 Å². The summed E-state index contributed by atoms with van der Waals surface area (Å²) in [7, 11) is 0. The lowest BCUT2D eigenvalue weighted by Gasteiger charge is -2.36. The minimum atomic E-state index is -0.156. The molecule has 4 rings (SSSR count). The largest absolute Gasteiger partial charge is 0.487 e. The Hall–Kier alpha value is -2.38. The molecule has 1 aromatic carbocycles. The van der Waals surface area contributed by atoms with Gasteiger partial charge in [-0.25, -0.2) is 4.98 Å². The van der Waals surface area contributed by atoms with Gasteiger partial charge in [-0.2, -0.15) is 0 Å². The van der Waals surface area contributed by atoms with Crippen LogP contribution in [-0.4, -0.2) is 46.5 Å². The Morgan fingerprint density at radius 3 is 2.65 bits per heavy atom. The molecule has 2 aromatic rings. The first-order chi connectivity index (χ1) is 12.7. The van der Waals surface area contributed by atoms with Crippen molar-refractivity contribution < 1.29 is 14.9 Å². The van der Waals surface area contributed by atoms with Crippen LogP contribution in [0.3, 0.4) is 0 Å². The number of aliphatic hydroxyl groups is 2. The number of aromatic nitrogens is 2. The summed E-state index contributed by atoms with van der Waals surface area (Å²) in [6.45, 7) is 1.58. The van der Waals surface area contributed by atoms with Crippen molar-refractivity contribution in [1.82, 2.24) is 9.97 Å². The van der Waals surface area contributed by atoms with Gasteiger partial charge in [0.25, 0.3) is 5.56 Å². The molecule has 2 aliphatic rings. The minimum Gasteiger partial charge on any atom is -0.487 e. The highest BCUT2D eigenvalue weighted by molar-refractivity contribution is 5.42. The molecular weight excluding hydrogens is 334 g/mol. The number of ether oxygens (including phenoxy) is 1. The van der Waals surface area contributed by atoms with Crippen molar-refractivity contribution in [1.29, 1.82) is 0 Å². The fourth-order valence-corrected chi connectivity index (χ4v) is 3.87. The predicted octanol–water partition coefficient (Wildman–Crippen LogP) is 0.680. The third-order valence-electron chi connectivity index (χ3n) is 5.23. The van der Waals surface area contributed by atoms with Crippen molar-refractivity contribution in [3.05, 3.63) is 51.4 Å². The van der Waals surface area contributed by atoms with Crippen LogP contribution in [0.5, 0.6) is 5.75 Å². The summed E-state index contributed by atoms with van der Waals surface area (Å²) in [6.07, 6.45) is 1.27. The van der Waals surface area contributed by atoms with Crippen molar-refractivity contribution in [2.75, 3.05) is 31.2 Å². The van der Waals surface area contributed by atoms with E-state index in [-0.39, 0.29) is 37.2 Å². The van der Waals surface area contributed by atoms with E-state index in [1.807, 2.05) is 29.2 Å². The SMILES string of the molecule is O=c1[nH]c(N2C[C@H](CO)C[C@H](CO)C2)nc2c1Cc1ccccc1OC2. The number of benzene rings is 1. The zero-order valence-electron chi connectivity index (χ0n) is 14.5. The number of para-hydroxylation sites is 1. The molecule has 3 N–H and O–H groups in total. The van der Waals surface area contributed by atoms with Gasteiger partial charge in [0, 0.05) is 50.1 Å². The molecule has 0 radical (unpaired) electrons. The first-order valence-corrected chi connectivity index (χ1v) is 8.97. The van der Waals surface area contributed by atoms with E-state index < -0.39 is 0 Å². The van der Waals surface area contributed by atoms with E-state index in [9.17, 15) is 15.0 Å². The highest BCUT2D eigenvalue weighted by Gasteiger charge is 2.29. The number of piperidine rings is 1. The summed E-state index contributed by atoms with van der Waals surface area (Å²) in [5.41, 5.74) is 2.10. The van der Waals surface area contributed by atoms with Gasteiger partial charge in [-0.05, 0) is 18.1 Å². The molecule has 138 valence electrons. The molecular formula is C19H23N3O4. The second-order valence-corrected chi connectivity index (χ2v) is 7.13. The number of nitrogens with zero attached hydrogens (tertiary/aromatic N) is 2. The molecule has 7 nitrogen and oxygen atoms in total. The number of aromatic amines is 1. The summed E-state index contributed by atoms with van der Waals surface area (Å²) < 4.78 is 5.84. The van der Waals surface area contributed by atoms with Gasteiger partial charge in [0.2, 0.25) is 5.95 Å². The number of H-pyrrole nitrogens is 1. The van der Waals surface area contributed by atoms with Crippen LogP contribution in [0.2, 0.25) is 0 Å². The van der Waals surface area contributed by atoms with Crippen molar-refractivity contribution in [3.8, 4) is 5.75 Å². The maximum Gasteiger partial charge on any atom is 0.256 e. The average molecular weight is 357 g/mol. The van der Waals surface area contributed by atoms with Gasteiger partial charge in [-0.1, -0.05) is 18.2 Å². The molecule has 2 aliphatic heterocycles. The highest BCUT2D eigenvalue weighted by Crippen LogP contribution is 2.28. The lowest BCUT2D eigenvalue weighted by molar-refractivity contribution is 0.144. The monoisotopic (exact) mass is 357 g/mol. The molecule has 1 fully saturated rings. The molecule has 26 heavy (non-hydrogen) atoms. The van der Waals surface area contributed by atoms with E-state index >= 15 is 0 Å². The maximum atomic E-state index is 12.7. The van der Waals surface area contributed by atoms with Crippen LogP contribution in [0.4, 0.5) is 5.95 Å². The number of aliphatic hydroxyl groups excluding tert-OH is 2. The summed E-state index contributed by atoms with van der Waals surface area (Å²) >= 11 is 0.